The molecule has 0 saturated heterocycles. The molecule has 0 spiro atoms. The number of aryl methyl sites for hydroxylation is 1. The standard InChI is InChI=1S/C12H19NO2/c1-15-10-4-6-12(14)8-7-11-5-2-3-9-13-11/h2-3,5,9,12,14H,4,6-8,10H2,1H3. The highest BCUT2D eigenvalue weighted by atomic mass is 16.5. The zero-order valence-corrected chi connectivity index (χ0v) is 9.22. The fraction of sp³-hybridized carbons (Fsp3) is 0.583. The number of aliphatic hydroxyl groups excluding tert-OH is 1. The highest BCUT2D eigenvalue weighted by molar-refractivity contribution is 5.03. The van der Waals surface area contributed by atoms with Crippen molar-refractivity contribution in [1.29, 1.82) is 0 Å². The Balaban J connectivity index is 2.14. The lowest BCUT2D eigenvalue weighted by molar-refractivity contribution is 0.128. The summed E-state index contributed by atoms with van der Waals surface area (Å²) in [6, 6.07) is 5.86. The quantitative estimate of drug-likeness (QED) is 0.696. The van der Waals surface area contributed by atoms with E-state index in [4.69, 9.17) is 4.74 Å². The summed E-state index contributed by atoms with van der Waals surface area (Å²) in [7, 11) is 1.68. The molecule has 0 aliphatic heterocycles. The Morgan fingerprint density at radius 2 is 2.27 bits per heavy atom. The molecule has 0 amide bonds. The maximum Gasteiger partial charge on any atom is 0.0544 e. The van der Waals surface area contributed by atoms with Gasteiger partial charge in [-0.25, -0.2) is 0 Å². The van der Waals surface area contributed by atoms with Gasteiger partial charge in [0.05, 0.1) is 6.10 Å². The maximum absolute atomic E-state index is 9.65. The first-order chi connectivity index (χ1) is 7.33. The molecule has 3 heteroatoms. The van der Waals surface area contributed by atoms with Crippen LogP contribution in [0.15, 0.2) is 24.4 Å². The summed E-state index contributed by atoms with van der Waals surface area (Å²) in [4.78, 5) is 4.21. The van der Waals surface area contributed by atoms with E-state index in [0.29, 0.717) is 0 Å². The first-order valence-electron chi connectivity index (χ1n) is 5.40. The molecule has 0 aliphatic rings. The largest absolute Gasteiger partial charge is 0.393 e. The molecule has 1 rings (SSSR count). The normalized spacial score (nSPS) is 12.7. The number of aliphatic hydroxyl groups is 1. The molecule has 84 valence electrons. The Bertz CT molecular complexity index is 251. The third-order valence-electron chi connectivity index (χ3n) is 2.35. The number of ether oxygens (including phenoxy) is 1. The summed E-state index contributed by atoms with van der Waals surface area (Å²) in [6.07, 6.45) is 4.89. The second kappa shape index (κ2) is 7.37. The molecule has 1 aromatic heterocycles. The van der Waals surface area contributed by atoms with Gasteiger partial charge in [0.1, 0.15) is 0 Å². The molecule has 1 aromatic rings. The zero-order chi connectivity index (χ0) is 10.9. The SMILES string of the molecule is COCCCC(O)CCc1ccccn1. The van der Waals surface area contributed by atoms with Crippen molar-refractivity contribution in [3.05, 3.63) is 30.1 Å². The molecule has 0 saturated carbocycles. The number of aromatic nitrogens is 1. The van der Waals surface area contributed by atoms with Gasteiger partial charge in [0.25, 0.3) is 0 Å². The molecule has 0 aliphatic carbocycles. The van der Waals surface area contributed by atoms with E-state index in [1.807, 2.05) is 18.2 Å². The number of nitrogens with zero attached hydrogens (tertiary/aromatic N) is 1. The fourth-order valence-corrected chi connectivity index (χ4v) is 1.47. The third kappa shape index (κ3) is 5.50. The monoisotopic (exact) mass is 209 g/mol. The molecule has 0 aromatic carbocycles. The minimum Gasteiger partial charge on any atom is -0.393 e. The zero-order valence-electron chi connectivity index (χ0n) is 9.22. The van der Waals surface area contributed by atoms with Crippen molar-refractivity contribution in [3.63, 3.8) is 0 Å². The summed E-state index contributed by atoms with van der Waals surface area (Å²) < 4.78 is 4.93. The van der Waals surface area contributed by atoms with E-state index in [2.05, 4.69) is 4.98 Å². The second-order valence-electron chi connectivity index (χ2n) is 3.65. The maximum atomic E-state index is 9.65. The summed E-state index contributed by atoms with van der Waals surface area (Å²) in [5.74, 6) is 0. The van der Waals surface area contributed by atoms with E-state index < -0.39 is 0 Å². The van der Waals surface area contributed by atoms with Crippen molar-refractivity contribution in [1.82, 2.24) is 4.98 Å². The Kier molecular flexibility index (Phi) is 5.97. The van der Waals surface area contributed by atoms with Gasteiger partial charge in [-0.1, -0.05) is 6.07 Å². The van der Waals surface area contributed by atoms with Crippen LogP contribution in [0, 0.1) is 0 Å². The van der Waals surface area contributed by atoms with Crippen molar-refractivity contribution in [3.8, 4) is 0 Å². The number of hydrogen-bond acceptors (Lipinski definition) is 3. The number of hydrogen-bond donors (Lipinski definition) is 1. The molecule has 0 radical (unpaired) electrons. The predicted molar refractivity (Wildman–Crippen MR) is 59.7 cm³/mol. The molecular weight excluding hydrogens is 190 g/mol. The molecular formula is C12H19NO2. The van der Waals surface area contributed by atoms with E-state index in [-0.39, 0.29) is 6.10 Å². The average molecular weight is 209 g/mol. The minimum absolute atomic E-state index is 0.234. The van der Waals surface area contributed by atoms with Gasteiger partial charge in [0.2, 0.25) is 0 Å². The highest BCUT2D eigenvalue weighted by Gasteiger charge is 2.04. The molecule has 1 heterocycles. The first-order valence-corrected chi connectivity index (χ1v) is 5.40. The van der Waals surface area contributed by atoms with E-state index >= 15 is 0 Å². The van der Waals surface area contributed by atoms with Crippen molar-refractivity contribution in [2.24, 2.45) is 0 Å². The van der Waals surface area contributed by atoms with Crippen LogP contribution in [-0.2, 0) is 11.2 Å². The minimum atomic E-state index is -0.234. The van der Waals surface area contributed by atoms with Gasteiger partial charge in [-0.15, -0.1) is 0 Å². The fourth-order valence-electron chi connectivity index (χ4n) is 1.47. The predicted octanol–water partition coefficient (Wildman–Crippen LogP) is 1.80. The molecule has 1 N–H and O–H groups in total. The summed E-state index contributed by atoms with van der Waals surface area (Å²) in [5.41, 5.74) is 1.04. The van der Waals surface area contributed by atoms with Crippen LogP contribution in [0.3, 0.4) is 0 Å². The topological polar surface area (TPSA) is 42.4 Å². The van der Waals surface area contributed by atoms with Gasteiger partial charge >= 0.3 is 0 Å². The Morgan fingerprint density at radius 3 is 2.93 bits per heavy atom. The summed E-state index contributed by atoms with van der Waals surface area (Å²) in [5, 5.41) is 9.65. The molecule has 0 bridgehead atoms. The van der Waals surface area contributed by atoms with Crippen LogP contribution < -0.4 is 0 Å². The van der Waals surface area contributed by atoms with E-state index in [1.54, 1.807) is 13.3 Å². The van der Waals surface area contributed by atoms with E-state index in [0.717, 1.165) is 38.0 Å². The molecule has 0 fully saturated rings. The number of rotatable bonds is 7. The second-order valence-corrected chi connectivity index (χ2v) is 3.65. The Hall–Kier alpha value is -0.930. The number of pyridine rings is 1. The lowest BCUT2D eigenvalue weighted by Crippen LogP contribution is -2.09. The van der Waals surface area contributed by atoms with Gasteiger partial charge in [0.15, 0.2) is 0 Å². The lowest BCUT2D eigenvalue weighted by Gasteiger charge is -2.09. The Labute approximate surface area is 91.1 Å². The van der Waals surface area contributed by atoms with Crippen LogP contribution in [-0.4, -0.2) is 29.9 Å². The number of methoxy groups -OCH3 is 1. The van der Waals surface area contributed by atoms with E-state index in [9.17, 15) is 5.11 Å². The smallest absolute Gasteiger partial charge is 0.0544 e. The summed E-state index contributed by atoms with van der Waals surface area (Å²) >= 11 is 0. The van der Waals surface area contributed by atoms with Crippen molar-refractivity contribution < 1.29 is 9.84 Å². The van der Waals surface area contributed by atoms with Crippen molar-refractivity contribution >= 4 is 0 Å². The average Bonchev–Trinajstić information content (AvgIpc) is 2.28. The Morgan fingerprint density at radius 1 is 1.40 bits per heavy atom. The van der Waals surface area contributed by atoms with Crippen LogP contribution >= 0.6 is 0 Å². The van der Waals surface area contributed by atoms with Gasteiger partial charge in [-0.3, -0.25) is 4.98 Å². The van der Waals surface area contributed by atoms with Crippen LogP contribution in [0.2, 0.25) is 0 Å². The third-order valence-corrected chi connectivity index (χ3v) is 2.35. The van der Waals surface area contributed by atoms with Crippen molar-refractivity contribution in [2.75, 3.05) is 13.7 Å². The summed E-state index contributed by atoms with van der Waals surface area (Å²) in [6.45, 7) is 0.723. The highest BCUT2D eigenvalue weighted by Crippen LogP contribution is 2.06. The first kappa shape index (κ1) is 12.1. The molecule has 1 atom stereocenters. The van der Waals surface area contributed by atoms with Gasteiger partial charge in [-0.05, 0) is 37.8 Å². The lowest BCUT2D eigenvalue weighted by atomic mass is 10.1. The molecule has 1 unspecified atom stereocenters. The van der Waals surface area contributed by atoms with Crippen LogP contribution in [0.1, 0.15) is 25.0 Å². The van der Waals surface area contributed by atoms with Crippen LogP contribution in [0.25, 0.3) is 0 Å². The van der Waals surface area contributed by atoms with Gasteiger partial charge < -0.3 is 9.84 Å². The molecule has 3 nitrogen and oxygen atoms in total. The molecule has 15 heavy (non-hydrogen) atoms. The van der Waals surface area contributed by atoms with E-state index in [1.165, 1.54) is 0 Å². The van der Waals surface area contributed by atoms with Crippen LogP contribution in [0.4, 0.5) is 0 Å². The van der Waals surface area contributed by atoms with Gasteiger partial charge in [-0.2, -0.15) is 0 Å². The van der Waals surface area contributed by atoms with Crippen LogP contribution in [0.5, 0.6) is 0 Å². The van der Waals surface area contributed by atoms with Gasteiger partial charge in [0, 0.05) is 25.6 Å². The van der Waals surface area contributed by atoms with Crippen molar-refractivity contribution in [2.45, 2.75) is 31.8 Å².